The van der Waals surface area contributed by atoms with Crippen LogP contribution in [-0.2, 0) is 4.74 Å². The number of hydrogen-bond donors (Lipinski definition) is 1. The zero-order valence-electron chi connectivity index (χ0n) is 10.5. The molecule has 1 aromatic carbocycles. The summed E-state index contributed by atoms with van der Waals surface area (Å²) in [7, 11) is 0. The molecule has 1 N–H and O–H groups in total. The minimum Gasteiger partial charge on any atom is -0.478 e. The van der Waals surface area contributed by atoms with E-state index in [0.717, 1.165) is 0 Å². The minimum absolute atomic E-state index is 0.0851. The minimum atomic E-state index is -2.84. The summed E-state index contributed by atoms with van der Waals surface area (Å²) in [6.07, 6.45) is -0.291. The number of likely N-dealkylation sites (tertiary alicyclic amines) is 1. The van der Waals surface area contributed by atoms with Crippen LogP contribution in [-0.4, -0.2) is 47.7 Å². The number of benzene rings is 1. The number of alkyl halides is 2. The number of ether oxygens (including phenoxy) is 1. The second-order valence-electron chi connectivity index (χ2n) is 4.44. The summed E-state index contributed by atoms with van der Waals surface area (Å²) in [5.41, 5.74) is 0.412. The van der Waals surface area contributed by atoms with E-state index >= 15 is 0 Å². The van der Waals surface area contributed by atoms with Crippen LogP contribution in [0.2, 0.25) is 0 Å². The predicted molar refractivity (Wildman–Crippen MR) is 64.8 cm³/mol. The maximum Gasteiger partial charge on any atom is 0.345 e. The highest BCUT2D eigenvalue weighted by molar-refractivity contribution is 5.96. The molecule has 0 bridgehead atoms. The van der Waals surface area contributed by atoms with Crippen LogP contribution in [0.5, 0.6) is 0 Å². The molecule has 1 saturated heterocycles. The average molecular weight is 285 g/mol. The van der Waals surface area contributed by atoms with Crippen LogP contribution in [0.15, 0.2) is 24.3 Å². The van der Waals surface area contributed by atoms with Gasteiger partial charge in [-0.2, -0.15) is 8.78 Å². The SMILES string of the molecule is O=C(O)c1ccc(C(=O)N2CC[C@H](OC(F)F)C2)cc1. The van der Waals surface area contributed by atoms with Gasteiger partial charge in [-0.15, -0.1) is 0 Å². The maximum absolute atomic E-state index is 12.1. The van der Waals surface area contributed by atoms with Crippen molar-refractivity contribution < 1.29 is 28.2 Å². The van der Waals surface area contributed by atoms with Gasteiger partial charge in [-0.1, -0.05) is 0 Å². The van der Waals surface area contributed by atoms with Gasteiger partial charge in [0.2, 0.25) is 0 Å². The standard InChI is InChI=1S/C13H13F2NO4/c14-13(15)20-10-5-6-16(7-10)11(17)8-1-3-9(4-2-8)12(18)19/h1-4,10,13H,5-7H2,(H,18,19)/t10-/m0/s1. The van der Waals surface area contributed by atoms with E-state index < -0.39 is 18.7 Å². The summed E-state index contributed by atoms with van der Waals surface area (Å²) < 4.78 is 28.5. The van der Waals surface area contributed by atoms with Gasteiger partial charge in [-0.25, -0.2) is 4.79 Å². The highest BCUT2D eigenvalue weighted by atomic mass is 19.3. The third kappa shape index (κ3) is 3.30. The predicted octanol–water partition coefficient (Wildman–Crippen LogP) is 1.84. The van der Waals surface area contributed by atoms with E-state index in [-0.39, 0.29) is 18.0 Å². The Bertz CT molecular complexity index is 504. The molecule has 1 aliphatic heterocycles. The van der Waals surface area contributed by atoms with E-state index in [9.17, 15) is 18.4 Å². The maximum atomic E-state index is 12.1. The van der Waals surface area contributed by atoms with Crippen LogP contribution in [0, 0.1) is 0 Å². The molecule has 1 heterocycles. The molecule has 1 fully saturated rings. The van der Waals surface area contributed by atoms with E-state index in [1.54, 1.807) is 0 Å². The van der Waals surface area contributed by atoms with Crippen LogP contribution in [0.4, 0.5) is 8.78 Å². The van der Waals surface area contributed by atoms with Gasteiger partial charge in [0.1, 0.15) is 0 Å². The number of carboxylic acids is 1. The first kappa shape index (κ1) is 14.4. The fourth-order valence-electron chi connectivity index (χ4n) is 2.11. The van der Waals surface area contributed by atoms with E-state index in [1.165, 1.54) is 29.2 Å². The van der Waals surface area contributed by atoms with Crippen molar-refractivity contribution >= 4 is 11.9 Å². The average Bonchev–Trinajstić information content (AvgIpc) is 2.85. The van der Waals surface area contributed by atoms with Crippen molar-refractivity contribution in [1.82, 2.24) is 4.90 Å². The van der Waals surface area contributed by atoms with Gasteiger partial charge < -0.3 is 14.7 Å². The van der Waals surface area contributed by atoms with Crippen LogP contribution in [0.1, 0.15) is 27.1 Å². The van der Waals surface area contributed by atoms with Gasteiger partial charge in [0.05, 0.1) is 11.7 Å². The van der Waals surface area contributed by atoms with Crippen molar-refractivity contribution in [2.24, 2.45) is 0 Å². The molecule has 1 aromatic rings. The zero-order chi connectivity index (χ0) is 14.7. The molecule has 0 saturated carbocycles. The molecule has 1 amide bonds. The van der Waals surface area contributed by atoms with Gasteiger partial charge in [-0.05, 0) is 30.7 Å². The van der Waals surface area contributed by atoms with Gasteiger partial charge in [0, 0.05) is 18.7 Å². The molecule has 1 aliphatic rings. The quantitative estimate of drug-likeness (QED) is 0.916. The summed E-state index contributed by atoms with van der Waals surface area (Å²) in [6.45, 7) is -2.38. The van der Waals surface area contributed by atoms with Crippen molar-refractivity contribution in [3.63, 3.8) is 0 Å². The molecule has 0 spiro atoms. The second kappa shape index (κ2) is 5.96. The van der Waals surface area contributed by atoms with Crippen molar-refractivity contribution in [3.8, 4) is 0 Å². The third-order valence-electron chi connectivity index (χ3n) is 3.11. The Kier molecular flexibility index (Phi) is 4.29. The van der Waals surface area contributed by atoms with Gasteiger partial charge in [-0.3, -0.25) is 4.79 Å². The summed E-state index contributed by atoms with van der Waals surface area (Å²) in [5, 5.41) is 8.76. The molecule has 0 aliphatic carbocycles. The smallest absolute Gasteiger partial charge is 0.345 e. The first-order valence-electron chi connectivity index (χ1n) is 6.03. The molecule has 0 radical (unpaired) electrons. The summed E-state index contributed by atoms with van der Waals surface area (Å²) in [6, 6.07) is 5.48. The Hall–Kier alpha value is -2.02. The molecule has 7 heteroatoms. The number of carboxylic acid groups (broad SMARTS) is 1. The fraction of sp³-hybridized carbons (Fsp3) is 0.385. The van der Waals surface area contributed by atoms with Crippen LogP contribution in [0.25, 0.3) is 0 Å². The van der Waals surface area contributed by atoms with Crippen LogP contribution >= 0.6 is 0 Å². The summed E-state index contributed by atoms with van der Waals surface area (Å²) in [5.74, 6) is -1.39. The summed E-state index contributed by atoms with van der Waals surface area (Å²) in [4.78, 5) is 24.2. The molecule has 20 heavy (non-hydrogen) atoms. The van der Waals surface area contributed by atoms with E-state index in [1.807, 2.05) is 0 Å². The van der Waals surface area contributed by atoms with Crippen molar-refractivity contribution in [1.29, 1.82) is 0 Å². The molecule has 2 rings (SSSR count). The van der Waals surface area contributed by atoms with Crippen molar-refractivity contribution in [3.05, 3.63) is 35.4 Å². The number of hydrogen-bond acceptors (Lipinski definition) is 3. The molecule has 0 aromatic heterocycles. The first-order chi connectivity index (χ1) is 9.47. The Morgan fingerprint density at radius 2 is 1.85 bits per heavy atom. The second-order valence-corrected chi connectivity index (χ2v) is 4.44. The molecule has 0 unspecified atom stereocenters. The Balaban J connectivity index is 2.00. The van der Waals surface area contributed by atoms with Crippen LogP contribution in [0.3, 0.4) is 0 Å². The number of carbonyl (C=O) groups excluding carboxylic acids is 1. The number of aromatic carboxylic acids is 1. The highest BCUT2D eigenvalue weighted by Gasteiger charge is 2.29. The van der Waals surface area contributed by atoms with Crippen LogP contribution < -0.4 is 0 Å². The number of carbonyl (C=O) groups is 2. The van der Waals surface area contributed by atoms with E-state index in [2.05, 4.69) is 4.74 Å². The monoisotopic (exact) mass is 285 g/mol. The molecular weight excluding hydrogens is 272 g/mol. The number of nitrogens with zero attached hydrogens (tertiary/aromatic N) is 1. The Morgan fingerprint density at radius 3 is 2.40 bits per heavy atom. The third-order valence-corrected chi connectivity index (χ3v) is 3.11. The van der Waals surface area contributed by atoms with E-state index in [4.69, 9.17) is 5.11 Å². The number of amides is 1. The molecule has 1 atom stereocenters. The molecule has 108 valence electrons. The largest absolute Gasteiger partial charge is 0.478 e. The lowest BCUT2D eigenvalue weighted by Crippen LogP contribution is -2.30. The first-order valence-corrected chi connectivity index (χ1v) is 6.03. The summed E-state index contributed by atoms with van der Waals surface area (Å²) >= 11 is 0. The van der Waals surface area contributed by atoms with Gasteiger partial charge in [0.15, 0.2) is 0 Å². The zero-order valence-corrected chi connectivity index (χ0v) is 10.5. The molecule has 5 nitrogen and oxygen atoms in total. The van der Waals surface area contributed by atoms with Crippen molar-refractivity contribution in [2.75, 3.05) is 13.1 Å². The lowest BCUT2D eigenvalue weighted by atomic mass is 10.1. The molecular formula is C13H13F2NO4. The number of halogens is 2. The van der Waals surface area contributed by atoms with Gasteiger partial charge in [0.25, 0.3) is 5.91 Å². The number of rotatable bonds is 4. The van der Waals surface area contributed by atoms with Gasteiger partial charge >= 0.3 is 12.6 Å². The lowest BCUT2D eigenvalue weighted by Gasteiger charge is -2.16. The van der Waals surface area contributed by atoms with E-state index in [0.29, 0.717) is 18.5 Å². The lowest BCUT2D eigenvalue weighted by molar-refractivity contribution is -0.158. The fourth-order valence-corrected chi connectivity index (χ4v) is 2.11. The van der Waals surface area contributed by atoms with Crippen molar-refractivity contribution in [2.45, 2.75) is 19.1 Å². The normalized spacial score (nSPS) is 18.6. The Morgan fingerprint density at radius 1 is 1.25 bits per heavy atom. The topological polar surface area (TPSA) is 66.8 Å². The Labute approximate surface area is 113 Å². The highest BCUT2D eigenvalue weighted by Crippen LogP contribution is 2.18.